The molecule has 0 spiro atoms. The maximum absolute atomic E-state index is 14.4. The van der Waals surface area contributed by atoms with E-state index in [1.54, 1.807) is 38.3 Å². The molecule has 0 aliphatic heterocycles. The molecule has 3 aromatic rings. The summed E-state index contributed by atoms with van der Waals surface area (Å²) in [6, 6.07) is 7.70. The second kappa shape index (κ2) is 9.73. The first kappa shape index (κ1) is 24.4. The van der Waals surface area contributed by atoms with E-state index in [0.29, 0.717) is 16.8 Å². The number of nitrogens with one attached hydrogen (secondary N) is 1. The number of aromatic nitrogens is 1. The number of nitro groups is 1. The van der Waals surface area contributed by atoms with Gasteiger partial charge in [-0.2, -0.15) is 4.31 Å². The van der Waals surface area contributed by atoms with Gasteiger partial charge in [-0.05, 0) is 25.1 Å². The molecule has 0 saturated carbocycles. The molecular weight excluding hydrogens is 471 g/mol. The first-order chi connectivity index (χ1) is 15.6. The van der Waals surface area contributed by atoms with Gasteiger partial charge in [0.05, 0.1) is 21.1 Å². The molecule has 3 rings (SSSR count). The van der Waals surface area contributed by atoms with Crippen molar-refractivity contribution in [1.29, 1.82) is 0 Å². The minimum atomic E-state index is -3.87. The number of thiazole rings is 1. The summed E-state index contributed by atoms with van der Waals surface area (Å²) in [6.45, 7) is 5.45. The molecule has 0 unspecified atom stereocenters. The Kier molecular flexibility index (Phi) is 7.20. The average molecular weight is 493 g/mol. The van der Waals surface area contributed by atoms with E-state index in [4.69, 9.17) is 0 Å². The van der Waals surface area contributed by atoms with E-state index in [1.807, 2.05) is 0 Å². The van der Waals surface area contributed by atoms with Crippen LogP contribution in [0, 0.1) is 22.9 Å². The van der Waals surface area contributed by atoms with Crippen LogP contribution >= 0.6 is 11.3 Å². The third-order valence-corrected chi connectivity index (χ3v) is 7.76. The molecule has 1 N–H and O–H groups in total. The van der Waals surface area contributed by atoms with Gasteiger partial charge < -0.3 is 0 Å². The number of anilines is 1. The SMILES string of the molecule is CCN(CC)S(=O)(=O)c1ccc(F)c(C(=O)Nc2nc(-c3ccc(C)c([N+](=O)[O-])c3)cs2)c1. The molecule has 0 atom stereocenters. The number of halogens is 1. The third-order valence-electron chi connectivity index (χ3n) is 4.95. The van der Waals surface area contributed by atoms with E-state index in [9.17, 15) is 27.7 Å². The van der Waals surface area contributed by atoms with Gasteiger partial charge in [0.2, 0.25) is 10.0 Å². The zero-order valence-corrected chi connectivity index (χ0v) is 19.7. The Balaban J connectivity index is 1.87. The molecule has 0 bridgehead atoms. The van der Waals surface area contributed by atoms with Gasteiger partial charge in [-0.25, -0.2) is 17.8 Å². The molecule has 2 aromatic carbocycles. The monoisotopic (exact) mass is 492 g/mol. The van der Waals surface area contributed by atoms with E-state index >= 15 is 0 Å². The first-order valence-electron chi connectivity index (χ1n) is 9.90. The molecule has 1 amide bonds. The lowest BCUT2D eigenvalue weighted by Gasteiger charge is -2.18. The molecule has 0 fully saturated rings. The molecule has 0 aliphatic carbocycles. The second-order valence-corrected chi connectivity index (χ2v) is 9.78. The summed E-state index contributed by atoms with van der Waals surface area (Å²) < 4.78 is 41.0. The number of benzene rings is 2. The van der Waals surface area contributed by atoms with Gasteiger partial charge in [-0.15, -0.1) is 11.3 Å². The Morgan fingerprint density at radius 3 is 2.55 bits per heavy atom. The van der Waals surface area contributed by atoms with Gasteiger partial charge in [-0.1, -0.05) is 26.0 Å². The highest BCUT2D eigenvalue weighted by Gasteiger charge is 2.24. The van der Waals surface area contributed by atoms with Crippen molar-refractivity contribution >= 4 is 38.1 Å². The summed E-state index contributed by atoms with van der Waals surface area (Å²) >= 11 is 1.05. The van der Waals surface area contributed by atoms with Crippen molar-refractivity contribution in [3.63, 3.8) is 0 Å². The van der Waals surface area contributed by atoms with Gasteiger partial charge in [0.15, 0.2) is 5.13 Å². The summed E-state index contributed by atoms with van der Waals surface area (Å²) in [5.41, 5.74) is 0.896. The maximum Gasteiger partial charge on any atom is 0.272 e. The minimum absolute atomic E-state index is 0.0561. The number of carbonyl (C=O) groups excluding carboxylic acids is 1. The van der Waals surface area contributed by atoms with Gasteiger partial charge in [0.1, 0.15) is 5.82 Å². The summed E-state index contributed by atoms with van der Waals surface area (Å²) in [5, 5.41) is 15.4. The minimum Gasteiger partial charge on any atom is -0.298 e. The molecule has 0 aliphatic rings. The number of hydrogen-bond donors (Lipinski definition) is 1. The number of nitrogens with zero attached hydrogens (tertiary/aromatic N) is 3. The van der Waals surface area contributed by atoms with E-state index in [0.717, 1.165) is 29.5 Å². The van der Waals surface area contributed by atoms with Crippen LogP contribution in [0.4, 0.5) is 15.2 Å². The molecule has 1 heterocycles. The fraction of sp³-hybridized carbons (Fsp3) is 0.238. The Labute approximate surface area is 194 Å². The number of nitro benzene ring substituents is 1. The average Bonchev–Trinajstić information content (AvgIpc) is 3.23. The zero-order valence-electron chi connectivity index (χ0n) is 18.0. The van der Waals surface area contributed by atoms with Crippen LogP contribution in [0.1, 0.15) is 29.8 Å². The lowest BCUT2D eigenvalue weighted by atomic mass is 10.1. The largest absolute Gasteiger partial charge is 0.298 e. The van der Waals surface area contributed by atoms with Crippen molar-refractivity contribution < 1.29 is 22.5 Å². The van der Waals surface area contributed by atoms with Crippen LogP contribution in [0.15, 0.2) is 46.7 Å². The Bertz CT molecular complexity index is 1320. The molecule has 9 nitrogen and oxygen atoms in total. The van der Waals surface area contributed by atoms with E-state index in [1.165, 1.54) is 10.4 Å². The van der Waals surface area contributed by atoms with Crippen molar-refractivity contribution in [3.8, 4) is 11.3 Å². The van der Waals surface area contributed by atoms with Gasteiger partial charge in [0, 0.05) is 35.7 Å². The summed E-state index contributed by atoms with van der Waals surface area (Å²) in [4.78, 5) is 27.4. The van der Waals surface area contributed by atoms with Crippen molar-refractivity contribution in [2.24, 2.45) is 0 Å². The fourth-order valence-corrected chi connectivity index (χ4v) is 5.34. The van der Waals surface area contributed by atoms with Gasteiger partial charge >= 0.3 is 0 Å². The molecule has 0 saturated heterocycles. The zero-order chi connectivity index (χ0) is 24.3. The van der Waals surface area contributed by atoms with Crippen LogP contribution < -0.4 is 5.32 Å². The van der Waals surface area contributed by atoms with Crippen molar-refractivity contribution in [3.05, 3.63) is 68.8 Å². The number of carbonyl (C=O) groups is 1. The third kappa shape index (κ3) is 5.07. The smallest absolute Gasteiger partial charge is 0.272 e. The van der Waals surface area contributed by atoms with Crippen LogP contribution in [0.2, 0.25) is 0 Å². The molecule has 0 radical (unpaired) electrons. The van der Waals surface area contributed by atoms with Crippen molar-refractivity contribution in [1.82, 2.24) is 9.29 Å². The lowest BCUT2D eigenvalue weighted by molar-refractivity contribution is -0.385. The highest BCUT2D eigenvalue weighted by Crippen LogP contribution is 2.30. The van der Waals surface area contributed by atoms with Crippen LogP contribution in [0.5, 0.6) is 0 Å². The lowest BCUT2D eigenvalue weighted by Crippen LogP contribution is -2.31. The number of aryl methyl sites for hydroxylation is 1. The van der Waals surface area contributed by atoms with E-state index in [2.05, 4.69) is 10.3 Å². The van der Waals surface area contributed by atoms with Gasteiger partial charge in [0.25, 0.3) is 11.6 Å². The van der Waals surface area contributed by atoms with E-state index in [-0.39, 0.29) is 28.8 Å². The predicted octanol–water partition coefficient (Wildman–Crippen LogP) is 4.45. The number of amides is 1. The number of rotatable bonds is 8. The predicted molar refractivity (Wildman–Crippen MR) is 123 cm³/mol. The number of hydrogen-bond acceptors (Lipinski definition) is 7. The van der Waals surface area contributed by atoms with E-state index < -0.39 is 32.2 Å². The van der Waals surface area contributed by atoms with Crippen molar-refractivity contribution in [2.45, 2.75) is 25.7 Å². The quantitative estimate of drug-likeness (QED) is 0.366. The summed E-state index contributed by atoms with van der Waals surface area (Å²) in [7, 11) is -3.87. The Morgan fingerprint density at radius 2 is 1.91 bits per heavy atom. The second-order valence-electron chi connectivity index (χ2n) is 6.98. The molecular formula is C21H21FN4O5S2. The summed E-state index contributed by atoms with van der Waals surface area (Å²) in [5.74, 6) is -1.74. The number of sulfonamides is 1. The normalized spacial score (nSPS) is 11.5. The standard InChI is InChI=1S/C21H21FN4O5S2/c1-4-25(5-2)33(30,31)15-8-9-17(22)16(11-15)20(27)24-21-23-18(12-32-21)14-7-6-13(3)19(10-14)26(28)29/h6-12H,4-5H2,1-3H3,(H,23,24,27). The molecule has 174 valence electrons. The molecule has 33 heavy (non-hydrogen) atoms. The van der Waals surface area contributed by atoms with Crippen LogP contribution in [-0.2, 0) is 10.0 Å². The first-order valence-corrected chi connectivity index (χ1v) is 12.2. The highest BCUT2D eigenvalue weighted by molar-refractivity contribution is 7.89. The topological polar surface area (TPSA) is 123 Å². The fourth-order valence-electron chi connectivity index (χ4n) is 3.15. The maximum atomic E-state index is 14.4. The highest BCUT2D eigenvalue weighted by atomic mass is 32.2. The Morgan fingerprint density at radius 1 is 1.21 bits per heavy atom. The molecule has 12 heteroatoms. The van der Waals surface area contributed by atoms with Crippen LogP contribution in [0.25, 0.3) is 11.3 Å². The van der Waals surface area contributed by atoms with Crippen LogP contribution in [-0.4, -0.2) is 41.6 Å². The van der Waals surface area contributed by atoms with Crippen molar-refractivity contribution in [2.75, 3.05) is 18.4 Å². The Hall–Kier alpha value is -3.22. The summed E-state index contributed by atoms with van der Waals surface area (Å²) in [6.07, 6.45) is 0. The van der Waals surface area contributed by atoms with Gasteiger partial charge in [-0.3, -0.25) is 20.2 Å². The molecule has 1 aromatic heterocycles. The van der Waals surface area contributed by atoms with Crippen LogP contribution in [0.3, 0.4) is 0 Å².